The lowest BCUT2D eigenvalue weighted by atomic mass is 9.65. The molecule has 2 amide bonds. The van der Waals surface area contributed by atoms with Gasteiger partial charge >= 0.3 is 6.03 Å². The van der Waals surface area contributed by atoms with Crippen LogP contribution in [0.1, 0.15) is 31.2 Å². The van der Waals surface area contributed by atoms with E-state index in [0.29, 0.717) is 21.8 Å². The number of likely N-dealkylation sites (N-methyl/N-ethyl adjacent to an activating group) is 1. The van der Waals surface area contributed by atoms with Gasteiger partial charge in [-0.05, 0) is 75.2 Å². The average molecular weight is 478 g/mol. The van der Waals surface area contributed by atoms with E-state index in [4.69, 9.17) is 32.7 Å². The Morgan fingerprint density at radius 3 is 2.59 bits per heavy atom. The van der Waals surface area contributed by atoms with Crippen LogP contribution in [0, 0.1) is 0 Å². The number of hydrogen-bond acceptors (Lipinski definition) is 4. The van der Waals surface area contributed by atoms with Crippen molar-refractivity contribution in [2.75, 3.05) is 33.1 Å². The Hall–Kier alpha value is -2.15. The van der Waals surface area contributed by atoms with Crippen LogP contribution < -0.4 is 20.1 Å². The summed E-state index contributed by atoms with van der Waals surface area (Å²) in [5.74, 6) is 1.50. The second-order valence-electron chi connectivity index (χ2n) is 8.67. The number of methoxy groups -OCH3 is 2. The predicted molar refractivity (Wildman–Crippen MR) is 129 cm³/mol. The molecule has 2 fully saturated rings. The molecule has 2 aromatic rings. The van der Waals surface area contributed by atoms with Gasteiger partial charge in [0, 0.05) is 22.5 Å². The minimum Gasteiger partial charge on any atom is -0.493 e. The maximum atomic E-state index is 12.6. The SMILES string of the molecule is COc1ccc(C23CCC(NC(=O)Nc4ccc(Cl)cc4Cl)CC2N(C)CC3)cc1OC. The quantitative estimate of drug-likeness (QED) is 0.610. The number of amides is 2. The summed E-state index contributed by atoms with van der Waals surface area (Å²) in [6.45, 7) is 1.03. The van der Waals surface area contributed by atoms with Crippen molar-refractivity contribution in [1.29, 1.82) is 0 Å². The maximum Gasteiger partial charge on any atom is 0.319 e. The number of carbonyl (C=O) groups is 1. The standard InChI is InChI=1S/C24H29Cl2N3O3/c1-29-11-10-24(15-4-7-20(31-2)21(12-15)32-3)9-8-17(14-22(24)29)27-23(30)28-19-6-5-16(25)13-18(19)26/h4-7,12-13,17,22H,8-11,14H2,1-3H3,(H2,27,28,30). The second-order valence-corrected chi connectivity index (χ2v) is 9.51. The lowest BCUT2D eigenvalue weighted by Gasteiger charge is -2.45. The first-order valence-corrected chi connectivity index (χ1v) is 11.6. The lowest BCUT2D eigenvalue weighted by Crippen LogP contribution is -2.52. The topological polar surface area (TPSA) is 62.8 Å². The Balaban J connectivity index is 1.48. The Morgan fingerprint density at radius 1 is 1.09 bits per heavy atom. The second kappa shape index (κ2) is 9.38. The number of carbonyl (C=O) groups excluding carboxylic acids is 1. The summed E-state index contributed by atoms with van der Waals surface area (Å²) in [5, 5.41) is 6.93. The Morgan fingerprint density at radius 2 is 1.88 bits per heavy atom. The number of rotatable bonds is 5. The molecule has 4 rings (SSSR count). The highest BCUT2D eigenvalue weighted by Gasteiger charge is 2.50. The van der Waals surface area contributed by atoms with Crippen LogP contribution >= 0.6 is 23.2 Å². The number of nitrogens with zero attached hydrogens (tertiary/aromatic N) is 1. The zero-order valence-corrected chi connectivity index (χ0v) is 20.1. The molecule has 1 heterocycles. The Bertz CT molecular complexity index is 1000. The van der Waals surface area contributed by atoms with Crippen molar-refractivity contribution in [2.24, 2.45) is 0 Å². The van der Waals surface area contributed by atoms with Gasteiger partial charge in [0.2, 0.25) is 0 Å². The molecule has 1 saturated carbocycles. The lowest BCUT2D eigenvalue weighted by molar-refractivity contribution is 0.156. The number of anilines is 1. The molecule has 8 heteroatoms. The number of fused-ring (bicyclic) bond motifs is 1. The molecule has 1 saturated heterocycles. The molecule has 0 bridgehead atoms. The summed E-state index contributed by atoms with van der Waals surface area (Å²) >= 11 is 12.1. The first-order valence-electron chi connectivity index (χ1n) is 10.8. The fourth-order valence-corrected chi connectivity index (χ4v) is 5.78. The largest absolute Gasteiger partial charge is 0.493 e. The molecule has 6 nitrogen and oxygen atoms in total. The van der Waals surface area contributed by atoms with Crippen molar-refractivity contribution < 1.29 is 14.3 Å². The van der Waals surface area contributed by atoms with Crippen LogP contribution in [-0.2, 0) is 5.41 Å². The molecular formula is C24H29Cl2N3O3. The van der Waals surface area contributed by atoms with Crippen molar-refractivity contribution in [3.05, 3.63) is 52.0 Å². The van der Waals surface area contributed by atoms with Gasteiger partial charge in [-0.25, -0.2) is 4.79 Å². The van der Waals surface area contributed by atoms with E-state index in [9.17, 15) is 4.79 Å². The fourth-order valence-electron chi connectivity index (χ4n) is 5.33. The number of benzene rings is 2. The Labute approximate surface area is 199 Å². The van der Waals surface area contributed by atoms with Gasteiger partial charge in [0.25, 0.3) is 0 Å². The van der Waals surface area contributed by atoms with Crippen molar-refractivity contribution >= 4 is 34.9 Å². The molecule has 1 aliphatic heterocycles. The van der Waals surface area contributed by atoms with E-state index >= 15 is 0 Å². The van der Waals surface area contributed by atoms with Gasteiger partial charge in [-0.1, -0.05) is 29.3 Å². The zero-order valence-electron chi connectivity index (χ0n) is 18.6. The van der Waals surface area contributed by atoms with E-state index in [2.05, 4.69) is 34.7 Å². The smallest absolute Gasteiger partial charge is 0.319 e. The maximum absolute atomic E-state index is 12.6. The molecule has 172 valence electrons. The number of ether oxygens (including phenoxy) is 2. The van der Waals surface area contributed by atoms with E-state index in [1.54, 1.807) is 32.4 Å². The molecule has 0 spiro atoms. The minimum absolute atomic E-state index is 0.0441. The van der Waals surface area contributed by atoms with Crippen LogP contribution in [0.15, 0.2) is 36.4 Å². The van der Waals surface area contributed by atoms with E-state index < -0.39 is 0 Å². The van der Waals surface area contributed by atoms with Crippen molar-refractivity contribution in [2.45, 2.75) is 43.2 Å². The molecule has 32 heavy (non-hydrogen) atoms. The van der Waals surface area contributed by atoms with Crippen LogP contribution in [0.4, 0.5) is 10.5 Å². The molecule has 3 atom stereocenters. The van der Waals surface area contributed by atoms with E-state index in [1.165, 1.54) is 5.56 Å². The normalized spacial score (nSPS) is 25.2. The summed E-state index contributed by atoms with van der Waals surface area (Å²) < 4.78 is 11.0. The van der Waals surface area contributed by atoms with Gasteiger partial charge in [-0.3, -0.25) is 0 Å². The van der Waals surface area contributed by atoms with Gasteiger partial charge in [0.1, 0.15) is 0 Å². The van der Waals surface area contributed by atoms with Crippen LogP contribution in [0.5, 0.6) is 11.5 Å². The highest BCUT2D eigenvalue weighted by atomic mass is 35.5. The summed E-state index contributed by atoms with van der Waals surface area (Å²) in [4.78, 5) is 15.1. The summed E-state index contributed by atoms with van der Waals surface area (Å²) in [6, 6.07) is 11.5. The third-order valence-corrected chi connectivity index (χ3v) is 7.55. The van der Waals surface area contributed by atoms with Crippen LogP contribution in [0.25, 0.3) is 0 Å². The van der Waals surface area contributed by atoms with E-state index in [0.717, 1.165) is 43.7 Å². The number of halogens is 2. The molecule has 3 unspecified atom stereocenters. The number of hydrogen-bond donors (Lipinski definition) is 2. The highest BCUT2D eigenvalue weighted by Crippen LogP contribution is 2.49. The van der Waals surface area contributed by atoms with Gasteiger partial charge < -0.3 is 25.0 Å². The first-order chi connectivity index (χ1) is 15.4. The summed E-state index contributed by atoms with van der Waals surface area (Å²) in [5.41, 5.74) is 1.87. The van der Waals surface area contributed by atoms with Gasteiger partial charge in [-0.15, -0.1) is 0 Å². The highest BCUT2D eigenvalue weighted by molar-refractivity contribution is 6.36. The van der Waals surface area contributed by atoms with Crippen molar-refractivity contribution in [1.82, 2.24) is 10.2 Å². The van der Waals surface area contributed by atoms with Crippen LogP contribution in [0.3, 0.4) is 0 Å². The van der Waals surface area contributed by atoms with Crippen LogP contribution in [0.2, 0.25) is 10.0 Å². The molecular weight excluding hydrogens is 449 g/mol. The number of urea groups is 1. The van der Waals surface area contributed by atoms with E-state index in [-0.39, 0.29) is 17.5 Å². The van der Waals surface area contributed by atoms with Crippen molar-refractivity contribution in [3.63, 3.8) is 0 Å². The predicted octanol–water partition coefficient (Wildman–Crippen LogP) is 5.33. The minimum atomic E-state index is -0.251. The molecule has 2 aromatic carbocycles. The molecule has 2 N–H and O–H groups in total. The zero-order chi connectivity index (χ0) is 22.9. The third kappa shape index (κ3) is 4.36. The summed E-state index contributed by atoms with van der Waals surface area (Å²) in [6.07, 6.45) is 3.86. The third-order valence-electron chi connectivity index (χ3n) is 7.00. The number of likely N-dealkylation sites (tertiary alicyclic amines) is 1. The van der Waals surface area contributed by atoms with Gasteiger partial charge in [-0.2, -0.15) is 0 Å². The van der Waals surface area contributed by atoms with Gasteiger partial charge in [0.15, 0.2) is 11.5 Å². The molecule has 0 aromatic heterocycles. The fraction of sp³-hybridized carbons (Fsp3) is 0.458. The molecule has 1 aliphatic carbocycles. The monoisotopic (exact) mass is 477 g/mol. The molecule has 2 aliphatic rings. The number of nitrogens with one attached hydrogen (secondary N) is 2. The van der Waals surface area contributed by atoms with E-state index in [1.807, 2.05) is 6.07 Å². The molecule has 0 radical (unpaired) electrons. The summed E-state index contributed by atoms with van der Waals surface area (Å²) in [7, 11) is 5.49. The van der Waals surface area contributed by atoms with Gasteiger partial charge in [0.05, 0.1) is 24.9 Å². The Kier molecular flexibility index (Phi) is 6.75. The van der Waals surface area contributed by atoms with Crippen LogP contribution in [-0.4, -0.2) is 50.8 Å². The average Bonchev–Trinajstić information content (AvgIpc) is 3.12. The first kappa shape index (κ1) is 23.0. The van der Waals surface area contributed by atoms with Crippen molar-refractivity contribution in [3.8, 4) is 11.5 Å².